The third-order valence-electron chi connectivity index (χ3n) is 12.4. The molecule has 0 aliphatic rings. The Morgan fingerprint density at radius 2 is 0.662 bits per heavy atom. The second kappa shape index (κ2) is 58.4. The van der Waals surface area contributed by atoms with Crippen LogP contribution in [0.5, 0.6) is 0 Å². The smallest absolute Gasteiger partial charge is 0.306 e. The molecule has 0 aromatic heterocycles. The average Bonchev–Trinajstić information content (AvgIpc) is 3.34. The topological polar surface area (TPSA) is 61.8 Å². The van der Waals surface area contributed by atoms with Gasteiger partial charge in [-0.3, -0.25) is 9.59 Å². The van der Waals surface area contributed by atoms with Gasteiger partial charge in [0.05, 0.1) is 6.61 Å². The van der Waals surface area contributed by atoms with Crippen LogP contribution in [0.3, 0.4) is 0 Å². The Kier molecular flexibility index (Phi) is 55.9. The zero-order chi connectivity index (χ0) is 49.2. The molecule has 5 heteroatoms. The van der Waals surface area contributed by atoms with E-state index in [0.717, 1.165) is 89.9 Å². The Balaban J connectivity index is 4.37. The van der Waals surface area contributed by atoms with E-state index >= 15 is 0 Å². The second-order valence-corrected chi connectivity index (χ2v) is 19.2. The molecule has 0 fully saturated rings. The molecule has 5 nitrogen and oxygen atoms in total. The van der Waals surface area contributed by atoms with E-state index < -0.39 is 6.10 Å². The number of allylic oxidation sites excluding steroid dienone is 14. The fourth-order valence-electron chi connectivity index (χ4n) is 8.11. The van der Waals surface area contributed by atoms with E-state index in [2.05, 4.69) is 106 Å². The molecule has 0 saturated carbocycles. The van der Waals surface area contributed by atoms with Gasteiger partial charge in [0.1, 0.15) is 6.61 Å². The Morgan fingerprint density at radius 1 is 0.338 bits per heavy atom. The van der Waals surface area contributed by atoms with E-state index in [0.29, 0.717) is 19.4 Å². The van der Waals surface area contributed by atoms with Crippen molar-refractivity contribution in [1.82, 2.24) is 0 Å². The second-order valence-electron chi connectivity index (χ2n) is 19.2. The van der Waals surface area contributed by atoms with Crippen LogP contribution >= 0.6 is 0 Å². The molecule has 0 rings (SSSR count). The maximum atomic E-state index is 12.8. The number of carbonyl (C=O) groups excluding carboxylic acids is 2. The van der Waals surface area contributed by atoms with Crippen molar-refractivity contribution < 1.29 is 23.8 Å². The SMILES string of the molecule is CC/C=C\C/C=C\C/C=C\C/C=C\C/C=C\C/C=C\CCCOCC(COC(=O)CCCCCCCCCCCCCCCCCCC)OC(=O)CCCCCCC/C=C\CCCCCCCC. The van der Waals surface area contributed by atoms with Gasteiger partial charge in [0.2, 0.25) is 0 Å². The number of carbonyl (C=O) groups is 2. The zero-order valence-electron chi connectivity index (χ0n) is 45.1. The molecule has 0 spiro atoms. The molecule has 1 atom stereocenters. The minimum Gasteiger partial charge on any atom is -0.462 e. The average molecular weight is 948 g/mol. The summed E-state index contributed by atoms with van der Waals surface area (Å²) in [5.41, 5.74) is 0. The van der Waals surface area contributed by atoms with E-state index in [1.807, 2.05) is 0 Å². The van der Waals surface area contributed by atoms with Crippen molar-refractivity contribution in [2.45, 2.75) is 284 Å². The van der Waals surface area contributed by atoms with Gasteiger partial charge in [0.25, 0.3) is 0 Å². The van der Waals surface area contributed by atoms with Gasteiger partial charge in [-0.25, -0.2) is 0 Å². The lowest BCUT2D eigenvalue weighted by molar-refractivity contribution is -0.163. The Morgan fingerprint density at radius 3 is 1.07 bits per heavy atom. The predicted octanol–water partition coefficient (Wildman–Crippen LogP) is 20.0. The maximum absolute atomic E-state index is 12.8. The molecule has 0 bridgehead atoms. The summed E-state index contributed by atoms with van der Waals surface area (Å²) < 4.78 is 17.4. The standard InChI is InChI=1S/C63H110O5/c1-4-7-10-13-16-19-22-25-28-30-31-32-34-37-40-43-46-49-52-55-58-66-59-61(68-63(65)57-54-51-48-45-42-39-35-27-24-21-18-15-12-9-6-3)60-67-62(64)56-53-50-47-44-41-38-36-33-29-26-23-20-17-14-11-8-5-2/h7,10,16,19,25,27-28,31-32,35,37,40,46,49,61H,4-6,8-9,11-15,17-18,20-24,26,29-30,33-34,36,38-39,41-45,47-48,50-60H2,1-3H3/b10-7-,19-16-,28-25-,32-31-,35-27-,40-37-,49-46-. The molecule has 1 unspecified atom stereocenters. The molecule has 0 aliphatic carbocycles. The van der Waals surface area contributed by atoms with Crippen LogP contribution in [0.4, 0.5) is 0 Å². The van der Waals surface area contributed by atoms with E-state index in [1.54, 1.807) is 0 Å². The first-order chi connectivity index (χ1) is 33.6. The molecule has 392 valence electrons. The van der Waals surface area contributed by atoms with Crippen LogP contribution in [0.15, 0.2) is 85.1 Å². The number of ether oxygens (including phenoxy) is 3. The third kappa shape index (κ3) is 55.7. The quantitative estimate of drug-likeness (QED) is 0.0345. The van der Waals surface area contributed by atoms with E-state index in [-0.39, 0.29) is 25.2 Å². The van der Waals surface area contributed by atoms with Gasteiger partial charge in [-0.05, 0) is 89.9 Å². The first kappa shape index (κ1) is 65.1. The Bertz CT molecular complexity index is 1250. The molecule has 0 aromatic carbocycles. The van der Waals surface area contributed by atoms with Gasteiger partial charge in [0, 0.05) is 19.4 Å². The largest absolute Gasteiger partial charge is 0.462 e. The number of esters is 2. The molecule has 0 N–H and O–H groups in total. The van der Waals surface area contributed by atoms with Crippen LogP contribution in [0.2, 0.25) is 0 Å². The fourth-order valence-corrected chi connectivity index (χ4v) is 8.11. The Labute approximate surface area is 422 Å². The summed E-state index contributed by atoms with van der Waals surface area (Å²) in [6, 6.07) is 0. The van der Waals surface area contributed by atoms with E-state index in [9.17, 15) is 9.59 Å². The van der Waals surface area contributed by atoms with Gasteiger partial charge in [-0.1, -0.05) is 260 Å². The zero-order valence-corrected chi connectivity index (χ0v) is 45.1. The fraction of sp³-hybridized carbons (Fsp3) is 0.746. The van der Waals surface area contributed by atoms with Crippen LogP contribution in [-0.4, -0.2) is 37.9 Å². The molecular weight excluding hydrogens is 837 g/mol. The van der Waals surface area contributed by atoms with Crippen molar-refractivity contribution in [3.63, 3.8) is 0 Å². The highest BCUT2D eigenvalue weighted by molar-refractivity contribution is 5.70. The summed E-state index contributed by atoms with van der Waals surface area (Å²) >= 11 is 0. The highest BCUT2D eigenvalue weighted by Crippen LogP contribution is 2.16. The monoisotopic (exact) mass is 947 g/mol. The van der Waals surface area contributed by atoms with Crippen LogP contribution in [-0.2, 0) is 23.8 Å². The van der Waals surface area contributed by atoms with Gasteiger partial charge in [-0.15, -0.1) is 0 Å². The van der Waals surface area contributed by atoms with Gasteiger partial charge >= 0.3 is 11.9 Å². The summed E-state index contributed by atoms with van der Waals surface area (Å²) in [5, 5.41) is 0. The number of hydrogen-bond donors (Lipinski definition) is 0. The molecule has 68 heavy (non-hydrogen) atoms. The molecule has 0 saturated heterocycles. The van der Waals surface area contributed by atoms with Crippen molar-refractivity contribution >= 4 is 11.9 Å². The van der Waals surface area contributed by atoms with Gasteiger partial charge in [-0.2, -0.15) is 0 Å². The van der Waals surface area contributed by atoms with E-state index in [4.69, 9.17) is 14.2 Å². The molecular formula is C63H110O5. The highest BCUT2D eigenvalue weighted by atomic mass is 16.6. The maximum Gasteiger partial charge on any atom is 0.306 e. The van der Waals surface area contributed by atoms with Crippen molar-refractivity contribution in [1.29, 1.82) is 0 Å². The summed E-state index contributed by atoms with van der Waals surface area (Å²) in [6.07, 6.45) is 77.6. The summed E-state index contributed by atoms with van der Waals surface area (Å²) in [7, 11) is 0. The minimum absolute atomic E-state index is 0.0586. The Hall–Kier alpha value is -2.92. The van der Waals surface area contributed by atoms with Crippen LogP contribution < -0.4 is 0 Å². The lowest BCUT2D eigenvalue weighted by Crippen LogP contribution is -2.30. The summed E-state index contributed by atoms with van der Waals surface area (Å²) in [4.78, 5) is 25.5. The summed E-state index contributed by atoms with van der Waals surface area (Å²) in [6.45, 7) is 7.59. The van der Waals surface area contributed by atoms with Crippen LogP contribution in [0.1, 0.15) is 278 Å². The molecule has 0 heterocycles. The van der Waals surface area contributed by atoms with Crippen molar-refractivity contribution in [2.75, 3.05) is 19.8 Å². The normalized spacial score (nSPS) is 12.8. The number of rotatable bonds is 53. The third-order valence-corrected chi connectivity index (χ3v) is 12.4. The predicted molar refractivity (Wildman–Crippen MR) is 297 cm³/mol. The molecule has 0 radical (unpaired) electrons. The van der Waals surface area contributed by atoms with E-state index in [1.165, 1.54) is 154 Å². The van der Waals surface area contributed by atoms with Crippen LogP contribution in [0.25, 0.3) is 0 Å². The van der Waals surface area contributed by atoms with Crippen molar-refractivity contribution in [3.05, 3.63) is 85.1 Å². The molecule has 0 aromatic rings. The van der Waals surface area contributed by atoms with Crippen molar-refractivity contribution in [2.24, 2.45) is 0 Å². The van der Waals surface area contributed by atoms with Crippen molar-refractivity contribution in [3.8, 4) is 0 Å². The van der Waals surface area contributed by atoms with Gasteiger partial charge < -0.3 is 14.2 Å². The van der Waals surface area contributed by atoms with Gasteiger partial charge in [0.15, 0.2) is 6.10 Å². The lowest BCUT2D eigenvalue weighted by Gasteiger charge is -2.18. The van der Waals surface area contributed by atoms with Crippen LogP contribution in [0, 0.1) is 0 Å². The lowest BCUT2D eigenvalue weighted by atomic mass is 10.0. The first-order valence-corrected chi connectivity index (χ1v) is 29.1. The number of unbranched alkanes of at least 4 members (excludes halogenated alkanes) is 28. The number of hydrogen-bond acceptors (Lipinski definition) is 5. The highest BCUT2D eigenvalue weighted by Gasteiger charge is 2.17. The molecule has 0 amide bonds. The first-order valence-electron chi connectivity index (χ1n) is 29.1. The summed E-state index contributed by atoms with van der Waals surface area (Å²) in [5.74, 6) is -0.430. The minimum atomic E-state index is -0.573. The molecule has 0 aliphatic heterocycles.